The number of phenolic OH excluding ortho intramolecular Hbond substituents is 1. The zero-order valence-corrected chi connectivity index (χ0v) is 11.6. The zero-order chi connectivity index (χ0) is 13.3. The summed E-state index contributed by atoms with van der Waals surface area (Å²) in [6.07, 6.45) is 0. The first-order valence-electron chi connectivity index (χ1n) is 5.45. The molecule has 0 aliphatic rings. The van der Waals surface area contributed by atoms with Crippen LogP contribution in [-0.2, 0) is 0 Å². The molecule has 94 valence electrons. The summed E-state index contributed by atoms with van der Waals surface area (Å²) in [6, 6.07) is 11.0. The maximum atomic E-state index is 9.95. The van der Waals surface area contributed by atoms with Crippen molar-refractivity contribution in [1.29, 1.82) is 0 Å². The molecule has 2 aromatic rings. The van der Waals surface area contributed by atoms with E-state index in [2.05, 4.69) is 0 Å². The molecule has 0 bridgehead atoms. The van der Waals surface area contributed by atoms with Crippen LogP contribution < -0.4 is 4.90 Å². The van der Waals surface area contributed by atoms with E-state index in [4.69, 9.17) is 23.2 Å². The summed E-state index contributed by atoms with van der Waals surface area (Å²) in [6.45, 7) is 0. The van der Waals surface area contributed by atoms with E-state index >= 15 is 0 Å². The molecule has 1 N–H and O–H groups in total. The van der Waals surface area contributed by atoms with Gasteiger partial charge in [-0.25, -0.2) is 0 Å². The minimum atomic E-state index is 0.0543. The van der Waals surface area contributed by atoms with Gasteiger partial charge in [-0.05, 0) is 29.8 Å². The number of benzene rings is 2. The van der Waals surface area contributed by atoms with E-state index < -0.39 is 0 Å². The van der Waals surface area contributed by atoms with Crippen molar-refractivity contribution >= 4 is 28.9 Å². The van der Waals surface area contributed by atoms with E-state index in [0.29, 0.717) is 10.6 Å². The second-order valence-electron chi connectivity index (χ2n) is 4.23. The molecule has 0 spiro atoms. The Morgan fingerprint density at radius 1 is 1.00 bits per heavy atom. The highest BCUT2D eigenvalue weighted by atomic mass is 35.5. The maximum absolute atomic E-state index is 9.95. The fourth-order valence-electron chi connectivity index (χ4n) is 1.73. The second-order valence-corrected chi connectivity index (χ2v) is 5.07. The first-order chi connectivity index (χ1) is 8.49. The van der Waals surface area contributed by atoms with Crippen molar-refractivity contribution in [3.05, 3.63) is 46.4 Å². The molecule has 0 saturated heterocycles. The summed E-state index contributed by atoms with van der Waals surface area (Å²) < 4.78 is 0. The van der Waals surface area contributed by atoms with Gasteiger partial charge in [0, 0.05) is 30.4 Å². The summed E-state index contributed by atoms with van der Waals surface area (Å²) in [5.74, 6) is 0.0543. The van der Waals surface area contributed by atoms with Gasteiger partial charge in [-0.3, -0.25) is 0 Å². The molecule has 0 aliphatic carbocycles. The van der Waals surface area contributed by atoms with Crippen LogP contribution in [0.4, 0.5) is 5.69 Å². The van der Waals surface area contributed by atoms with Crippen molar-refractivity contribution in [2.75, 3.05) is 19.0 Å². The third kappa shape index (κ3) is 2.55. The molecule has 0 fully saturated rings. The first-order valence-corrected chi connectivity index (χ1v) is 6.20. The molecule has 18 heavy (non-hydrogen) atoms. The topological polar surface area (TPSA) is 23.5 Å². The van der Waals surface area contributed by atoms with Crippen LogP contribution in [0.15, 0.2) is 36.4 Å². The van der Waals surface area contributed by atoms with Crippen LogP contribution in [0.5, 0.6) is 5.75 Å². The van der Waals surface area contributed by atoms with Gasteiger partial charge in [-0.1, -0.05) is 35.3 Å². The van der Waals surface area contributed by atoms with Gasteiger partial charge in [0.15, 0.2) is 0 Å². The Hall–Kier alpha value is -1.38. The summed E-state index contributed by atoms with van der Waals surface area (Å²) in [5, 5.41) is 10.7. The molecule has 0 unspecified atom stereocenters. The Morgan fingerprint density at radius 2 is 1.61 bits per heavy atom. The number of aromatic hydroxyl groups is 1. The minimum Gasteiger partial charge on any atom is -0.506 e. The SMILES string of the molecule is CN(C)c1ccc(-c2cc(Cl)cc(Cl)c2O)cc1. The number of halogens is 2. The van der Waals surface area contributed by atoms with Crippen LogP contribution in [0.1, 0.15) is 0 Å². The zero-order valence-electron chi connectivity index (χ0n) is 10.1. The third-order valence-electron chi connectivity index (χ3n) is 2.72. The van der Waals surface area contributed by atoms with Crippen molar-refractivity contribution in [3.63, 3.8) is 0 Å². The Labute approximate surface area is 116 Å². The lowest BCUT2D eigenvalue weighted by molar-refractivity contribution is 0.477. The van der Waals surface area contributed by atoms with E-state index in [0.717, 1.165) is 11.3 Å². The molecule has 2 nitrogen and oxygen atoms in total. The predicted molar refractivity (Wildman–Crippen MR) is 77.9 cm³/mol. The smallest absolute Gasteiger partial charge is 0.142 e. The second kappa shape index (κ2) is 5.09. The molecule has 0 amide bonds. The average Bonchev–Trinajstić information content (AvgIpc) is 2.34. The standard InChI is InChI=1S/C14H13Cl2NO/c1-17(2)11-5-3-9(4-6-11)12-7-10(15)8-13(16)14(12)18/h3-8,18H,1-2H3. The van der Waals surface area contributed by atoms with Crippen LogP contribution >= 0.6 is 23.2 Å². The van der Waals surface area contributed by atoms with Gasteiger partial charge >= 0.3 is 0 Å². The quantitative estimate of drug-likeness (QED) is 0.880. The largest absolute Gasteiger partial charge is 0.506 e. The number of hydrogen-bond acceptors (Lipinski definition) is 2. The normalized spacial score (nSPS) is 10.4. The Balaban J connectivity index is 2.49. The predicted octanol–water partition coefficient (Wildman–Crippen LogP) is 4.43. The summed E-state index contributed by atoms with van der Waals surface area (Å²) in [4.78, 5) is 2.01. The van der Waals surface area contributed by atoms with Crippen molar-refractivity contribution in [2.24, 2.45) is 0 Å². The molecule has 2 rings (SSSR count). The monoisotopic (exact) mass is 281 g/mol. The van der Waals surface area contributed by atoms with Crippen molar-refractivity contribution in [2.45, 2.75) is 0 Å². The van der Waals surface area contributed by atoms with Gasteiger partial charge in [0.1, 0.15) is 5.75 Å². The Morgan fingerprint density at radius 3 is 2.17 bits per heavy atom. The highest BCUT2D eigenvalue weighted by molar-refractivity contribution is 6.36. The molecule has 0 atom stereocenters. The molecule has 0 heterocycles. The minimum absolute atomic E-state index is 0.0543. The van der Waals surface area contributed by atoms with Crippen molar-refractivity contribution < 1.29 is 5.11 Å². The van der Waals surface area contributed by atoms with Crippen LogP contribution in [0.2, 0.25) is 10.0 Å². The molecule has 0 aromatic heterocycles. The fourth-order valence-corrected chi connectivity index (χ4v) is 2.22. The third-order valence-corrected chi connectivity index (χ3v) is 3.23. The Kier molecular flexibility index (Phi) is 3.69. The number of rotatable bonds is 2. The van der Waals surface area contributed by atoms with Crippen molar-refractivity contribution in [3.8, 4) is 16.9 Å². The molecular weight excluding hydrogens is 269 g/mol. The van der Waals surface area contributed by atoms with Gasteiger partial charge in [0.05, 0.1) is 5.02 Å². The van der Waals surface area contributed by atoms with Gasteiger partial charge in [-0.15, -0.1) is 0 Å². The molecule has 0 radical (unpaired) electrons. The lowest BCUT2D eigenvalue weighted by Crippen LogP contribution is -2.07. The van der Waals surface area contributed by atoms with E-state index in [1.807, 2.05) is 43.3 Å². The number of nitrogens with zero attached hydrogens (tertiary/aromatic N) is 1. The van der Waals surface area contributed by atoms with Gasteiger partial charge in [0.2, 0.25) is 0 Å². The van der Waals surface area contributed by atoms with Gasteiger partial charge in [-0.2, -0.15) is 0 Å². The number of anilines is 1. The first kappa shape index (κ1) is 13.1. The number of phenols is 1. The maximum Gasteiger partial charge on any atom is 0.142 e. The summed E-state index contributed by atoms with van der Waals surface area (Å²) in [5.41, 5.74) is 2.60. The highest BCUT2D eigenvalue weighted by Gasteiger charge is 2.10. The molecule has 4 heteroatoms. The van der Waals surface area contributed by atoms with E-state index in [-0.39, 0.29) is 10.8 Å². The molecular formula is C14H13Cl2NO. The Bertz CT molecular complexity index is 565. The molecule has 0 saturated carbocycles. The fraction of sp³-hybridized carbons (Fsp3) is 0.143. The summed E-state index contributed by atoms with van der Waals surface area (Å²) >= 11 is 11.9. The lowest BCUT2D eigenvalue weighted by atomic mass is 10.0. The van der Waals surface area contributed by atoms with Crippen LogP contribution in [0.3, 0.4) is 0 Å². The van der Waals surface area contributed by atoms with Crippen LogP contribution in [0.25, 0.3) is 11.1 Å². The lowest BCUT2D eigenvalue weighted by Gasteiger charge is -2.13. The van der Waals surface area contributed by atoms with Crippen LogP contribution in [0, 0.1) is 0 Å². The highest BCUT2D eigenvalue weighted by Crippen LogP contribution is 2.38. The van der Waals surface area contributed by atoms with Crippen LogP contribution in [-0.4, -0.2) is 19.2 Å². The molecule has 2 aromatic carbocycles. The summed E-state index contributed by atoms with van der Waals surface area (Å²) in [7, 11) is 3.95. The average molecular weight is 282 g/mol. The molecule has 0 aliphatic heterocycles. The van der Waals surface area contributed by atoms with E-state index in [1.54, 1.807) is 6.07 Å². The van der Waals surface area contributed by atoms with Gasteiger partial charge < -0.3 is 10.0 Å². The van der Waals surface area contributed by atoms with Gasteiger partial charge in [0.25, 0.3) is 0 Å². The van der Waals surface area contributed by atoms with E-state index in [9.17, 15) is 5.11 Å². The number of hydrogen-bond donors (Lipinski definition) is 1. The van der Waals surface area contributed by atoms with Crippen molar-refractivity contribution in [1.82, 2.24) is 0 Å². The van der Waals surface area contributed by atoms with E-state index in [1.165, 1.54) is 6.07 Å².